The summed E-state index contributed by atoms with van der Waals surface area (Å²) >= 11 is 5.80. The third-order valence-electron chi connectivity index (χ3n) is 2.94. The van der Waals surface area contributed by atoms with Crippen LogP contribution in [0.15, 0.2) is 22.7 Å². The highest BCUT2D eigenvalue weighted by atomic mass is 35.5. The maximum Gasteiger partial charge on any atom is 0.254 e. The van der Waals surface area contributed by atoms with Crippen LogP contribution in [0.25, 0.3) is 0 Å². The maximum atomic E-state index is 13.1. The second kappa shape index (κ2) is 5.63. The summed E-state index contributed by atoms with van der Waals surface area (Å²) in [6.45, 7) is 5.47. The van der Waals surface area contributed by atoms with Gasteiger partial charge in [0.1, 0.15) is 22.5 Å². The highest BCUT2D eigenvalue weighted by molar-refractivity contribution is 6.32. The van der Waals surface area contributed by atoms with Crippen molar-refractivity contribution in [1.29, 1.82) is 0 Å². The predicted octanol–water partition coefficient (Wildman–Crippen LogP) is 3.57. The summed E-state index contributed by atoms with van der Waals surface area (Å²) in [5.74, 6) is 0.415. The number of furan rings is 1. The molecule has 2 rings (SSSR count). The summed E-state index contributed by atoms with van der Waals surface area (Å²) in [5, 5.41) is 2.71. The number of aromatic nitrogens is 1. The van der Waals surface area contributed by atoms with Crippen LogP contribution in [0.3, 0.4) is 0 Å². The van der Waals surface area contributed by atoms with Gasteiger partial charge in [0.05, 0.1) is 17.8 Å². The molecule has 0 saturated heterocycles. The molecule has 0 bridgehead atoms. The molecule has 0 aliphatic heterocycles. The lowest BCUT2D eigenvalue weighted by Gasteiger charge is -2.13. The number of nitrogens with one attached hydrogen (secondary N) is 1. The molecule has 4 nitrogen and oxygen atoms in total. The number of carbonyl (C=O) groups is 1. The minimum Gasteiger partial charge on any atom is -0.466 e. The molecule has 6 heteroatoms. The molecular formula is C14H14ClFN2O2. The van der Waals surface area contributed by atoms with Crippen LogP contribution in [-0.4, -0.2) is 10.9 Å². The summed E-state index contributed by atoms with van der Waals surface area (Å²) in [6, 6.07) is 2.63. The monoisotopic (exact) mass is 296 g/mol. The third kappa shape index (κ3) is 2.99. The minimum absolute atomic E-state index is 0.0105. The van der Waals surface area contributed by atoms with Gasteiger partial charge >= 0.3 is 0 Å². The molecule has 2 heterocycles. The molecular weight excluding hydrogens is 283 g/mol. The molecule has 1 unspecified atom stereocenters. The van der Waals surface area contributed by atoms with Gasteiger partial charge in [-0.3, -0.25) is 4.79 Å². The zero-order chi connectivity index (χ0) is 14.9. The van der Waals surface area contributed by atoms with Crippen LogP contribution >= 0.6 is 11.6 Å². The van der Waals surface area contributed by atoms with Crippen molar-refractivity contribution in [2.24, 2.45) is 0 Å². The fourth-order valence-electron chi connectivity index (χ4n) is 2.01. The molecule has 0 saturated carbocycles. The van der Waals surface area contributed by atoms with E-state index in [-0.39, 0.29) is 16.8 Å². The van der Waals surface area contributed by atoms with Crippen LogP contribution < -0.4 is 5.32 Å². The van der Waals surface area contributed by atoms with Crippen molar-refractivity contribution in [3.05, 3.63) is 51.9 Å². The Bertz CT molecular complexity index is 655. The van der Waals surface area contributed by atoms with Crippen LogP contribution in [-0.2, 0) is 0 Å². The van der Waals surface area contributed by atoms with Crippen LogP contribution in [0.2, 0.25) is 5.15 Å². The van der Waals surface area contributed by atoms with E-state index in [1.807, 2.05) is 26.8 Å². The Hall–Kier alpha value is -1.88. The first kappa shape index (κ1) is 14.5. The summed E-state index contributed by atoms with van der Waals surface area (Å²) < 4.78 is 18.5. The van der Waals surface area contributed by atoms with Crippen LogP contribution in [0.5, 0.6) is 0 Å². The topological polar surface area (TPSA) is 55.1 Å². The molecule has 1 amide bonds. The van der Waals surface area contributed by atoms with Crippen molar-refractivity contribution in [1.82, 2.24) is 10.3 Å². The van der Waals surface area contributed by atoms with Crippen LogP contribution in [0.1, 0.15) is 40.4 Å². The smallest absolute Gasteiger partial charge is 0.254 e. The zero-order valence-electron chi connectivity index (χ0n) is 11.3. The Balaban J connectivity index is 2.19. The molecule has 0 aliphatic rings. The third-order valence-corrected chi connectivity index (χ3v) is 3.24. The number of amides is 1. The minimum atomic E-state index is -0.609. The summed E-state index contributed by atoms with van der Waals surface area (Å²) in [6.07, 6.45) is 0.964. The highest BCUT2D eigenvalue weighted by Gasteiger charge is 2.18. The predicted molar refractivity (Wildman–Crippen MR) is 73.3 cm³/mol. The Morgan fingerprint density at radius 3 is 2.75 bits per heavy atom. The van der Waals surface area contributed by atoms with Crippen molar-refractivity contribution in [3.8, 4) is 0 Å². The molecule has 1 N–H and O–H groups in total. The van der Waals surface area contributed by atoms with E-state index in [0.29, 0.717) is 0 Å². The standard InChI is InChI=1S/C14H14ClFN2O2/c1-7-4-11(9(3)20-7)8(2)18-14(19)12-5-10(16)6-17-13(12)15/h4-6,8H,1-3H3,(H,18,19). The first-order chi connectivity index (χ1) is 9.38. The number of pyridine rings is 1. The second-order valence-corrected chi connectivity index (χ2v) is 4.91. The van der Waals surface area contributed by atoms with Crippen molar-refractivity contribution < 1.29 is 13.6 Å². The molecule has 0 radical (unpaired) electrons. The van der Waals surface area contributed by atoms with E-state index in [2.05, 4.69) is 10.3 Å². The summed E-state index contributed by atoms with van der Waals surface area (Å²) in [7, 11) is 0. The Morgan fingerprint density at radius 2 is 2.15 bits per heavy atom. The lowest BCUT2D eigenvalue weighted by Crippen LogP contribution is -2.27. The molecule has 2 aromatic rings. The van der Waals surface area contributed by atoms with Gasteiger partial charge in [-0.05, 0) is 32.9 Å². The van der Waals surface area contributed by atoms with Gasteiger partial charge < -0.3 is 9.73 Å². The van der Waals surface area contributed by atoms with Gasteiger partial charge in [-0.25, -0.2) is 9.37 Å². The molecule has 20 heavy (non-hydrogen) atoms. The largest absolute Gasteiger partial charge is 0.466 e. The fraction of sp³-hybridized carbons (Fsp3) is 0.286. The van der Waals surface area contributed by atoms with Crippen molar-refractivity contribution >= 4 is 17.5 Å². The molecule has 0 aliphatic carbocycles. The van der Waals surface area contributed by atoms with E-state index >= 15 is 0 Å². The molecule has 2 aromatic heterocycles. The van der Waals surface area contributed by atoms with E-state index in [1.165, 1.54) is 0 Å². The van der Waals surface area contributed by atoms with Crippen LogP contribution in [0.4, 0.5) is 4.39 Å². The van der Waals surface area contributed by atoms with Gasteiger partial charge in [-0.2, -0.15) is 0 Å². The van der Waals surface area contributed by atoms with E-state index in [1.54, 1.807) is 0 Å². The lowest BCUT2D eigenvalue weighted by molar-refractivity contribution is 0.0939. The first-order valence-electron chi connectivity index (χ1n) is 6.07. The highest BCUT2D eigenvalue weighted by Crippen LogP contribution is 2.22. The maximum absolute atomic E-state index is 13.1. The number of hydrogen-bond donors (Lipinski definition) is 1. The zero-order valence-corrected chi connectivity index (χ0v) is 12.1. The average molecular weight is 297 g/mol. The van der Waals surface area contributed by atoms with Crippen molar-refractivity contribution in [3.63, 3.8) is 0 Å². The molecule has 0 aromatic carbocycles. The van der Waals surface area contributed by atoms with Crippen LogP contribution in [0, 0.1) is 19.7 Å². The number of nitrogens with zero attached hydrogens (tertiary/aromatic N) is 1. The number of halogens is 2. The fourth-order valence-corrected chi connectivity index (χ4v) is 2.20. The molecule has 0 spiro atoms. The number of carbonyl (C=O) groups excluding carboxylic acids is 1. The normalized spacial score (nSPS) is 12.2. The van der Waals surface area contributed by atoms with E-state index in [9.17, 15) is 9.18 Å². The van der Waals surface area contributed by atoms with Gasteiger partial charge in [0.25, 0.3) is 5.91 Å². The summed E-state index contributed by atoms with van der Waals surface area (Å²) in [5.41, 5.74) is 0.882. The van der Waals surface area contributed by atoms with Gasteiger partial charge in [-0.1, -0.05) is 11.6 Å². The average Bonchev–Trinajstić information content (AvgIpc) is 2.71. The van der Waals surface area contributed by atoms with Gasteiger partial charge in [-0.15, -0.1) is 0 Å². The Labute approximate surface area is 121 Å². The summed E-state index contributed by atoms with van der Waals surface area (Å²) in [4.78, 5) is 15.7. The second-order valence-electron chi connectivity index (χ2n) is 4.56. The molecule has 0 fully saturated rings. The van der Waals surface area contributed by atoms with Gasteiger partial charge in [0.15, 0.2) is 0 Å². The quantitative estimate of drug-likeness (QED) is 0.881. The molecule has 1 atom stereocenters. The number of rotatable bonds is 3. The van der Waals surface area contributed by atoms with Gasteiger partial charge in [0.2, 0.25) is 0 Å². The van der Waals surface area contributed by atoms with Gasteiger partial charge in [0, 0.05) is 5.56 Å². The van der Waals surface area contributed by atoms with Crippen molar-refractivity contribution in [2.45, 2.75) is 26.8 Å². The van der Waals surface area contributed by atoms with Crippen molar-refractivity contribution in [2.75, 3.05) is 0 Å². The van der Waals surface area contributed by atoms with E-state index < -0.39 is 11.7 Å². The van der Waals surface area contributed by atoms with E-state index in [4.69, 9.17) is 16.0 Å². The number of aryl methyl sites for hydroxylation is 2. The SMILES string of the molecule is Cc1cc(C(C)NC(=O)c2cc(F)cnc2Cl)c(C)o1. The number of hydrogen-bond acceptors (Lipinski definition) is 3. The van der Waals surface area contributed by atoms with E-state index in [0.717, 1.165) is 29.3 Å². The first-order valence-corrected chi connectivity index (χ1v) is 6.45. The molecule has 106 valence electrons. The lowest BCUT2D eigenvalue weighted by atomic mass is 10.1. The Morgan fingerprint density at radius 1 is 1.45 bits per heavy atom. The Kier molecular flexibility index (Phi) is 4.09.